The summed E-state index contributed by atoms with van der Waals surface area (Å²) in [7, 11) is 0. The molecule has 0 bridgehead atoms. The molecule has 1 aliphatic rings. The van der Waals surface area contributed by atoms with Gasteiger partial charge in [-0.1, -0.05) is 94.0 Å². The summed E-state index contributed by atoms with van der Waals surface area (Å²) in [5.74, 6) is 0.872. The molecule has 144 valence electrons. The fourth-order valence-corrected chi connectivity index (χ4v) is 3.72. The molecule has 2 nitrogen and oxygen atoms in total. The van der Waals surface area contributed by atoms with Gasteiger partial charge in [0.1, 0.15) is 0 Å². The molecule has 0 atom stereocenters. The molecule has 2 aromatic carbocycles. The van der Waals surface area contributed by atoms with E-state index in [2.05, 4.69) is 61.5 Å². The minimum Gasteiger partial charge on any atom is -0.337 e. The molecule has 1 aliphatic heterocycles. The van der Waals surface area contributed by atoms with Gasteiger partial charge in [0, 0.05) is 12.0 Å². The van der Waals surface area contributed by atoms with E-state index in [1.807, 2.05) is 0 Å². The monoisotopic (exact) mass is 364 g/mol. The van der Waals surface area contributed by atoms with Crippen molar-refractivity contribution in [2.24, 2.45) is 0 Å². The second-order valence-electron chi connectivity index (χ2n) is 7.39. The SMILES string of the molecule is CCCCCCCCCc1ccc2c(c1C=Cc1ccccc1)CCOO2. The highest BCUT2D eigenvalue weighted by Crippen LogP contribution is 2.31. The maximum absolute atomic E-state index is 5.42. The summed E-state index contributed by atoms with van der Waals surface area (Å²) < 4.78 is 0. The lowest BCUT2D eigenvalue weighted by Gasteiger charge is -2.20. The van der Waals surface area contributed by atoms with Crippen molar-refractivity contribution in [3.05, 3.63) is 64.7 Å². The first-order valence-electron chi connectivity index (χ1n) is 10.6. The molecule has 0 aromatic heterocycles. The van der Waals surface area contributed by atoms with E-state index >= 15 is 0 Å². The number of aryl methyl sites for hydroxylation is 1. The highest BCUT2D eigenvalue weighted by atomic mass is 17.2. The third-order valence-electron chi connectivity index (χ3n) is 5.28. The standard InChI is InChI=1S/C25H32O2/c1-2-3-4-5-6-7-11-14-22-16-18-25-24(19-20-26-27-25)23(22)17-15-21-12-9-8-10-13-21/h8-10,12-13,15-18H,2-7,11,14,19-20H2,1H3. The minimum atomic E-state index is 0.625. The van der Waals surface area contributed by atoms with Crippen LogP contribution in [0.4, 0.5) is 0 Å². The lowest BCUT2D eigenvalue weighted by atomic mass is 9.93. The first-order chi connectivity index (χ1) is 13.4. The van der Waals surface area contributed by atoms with Gasteiger partial charge >= 0.3 is 0 Å². The smallest absolute Gasteiger partial charge is 0.169 e. The lowest BCUT2D eigenvalue weighted by Crippen LogP contribution is -2.13. The summed E-state index contributed by atoms with van der Waals surface area (Å²) >= 11 is 0. The van der Waals surface area contributed by atoms with Crippen molar-refractivity contribution in [1.82, 2.24) is 0 Å². The highest BCUT2D eigenvalue weighted by molar-refractivity contribution is 5.74. The van der Waals surface area contributed by atoms with Crippen molar-refractivity contribution in [2.75, 3.05) is 6.61 Å². The van der Waals surface area contributed by atoms with Gasteiger partial charge in [0.2, 0.25) is 0 Å². The normalized spacial score (nSPS) is 13.5. The predicted octanol–water partition coefficient (Wildman–Crippen LogP) is 7.02. The molecule has 0 spiro atoms. The topological polar surface area (TPSA) is 18.5 Å². The van der Waals surface area contributed by atoms with Crippen molar-refractivity contribution in [1.29, 1.82) is 0 Å². The maximum Gasteiger partial charge on any atom is 0.169 e. The molecule has 2 heteroatoms. The summed E-state index contributed by atoms with van der Waals surface area (Å²) in [6, 6.07) is 14.8. The van der Waals surface area contributed by atoms with Crippen molar-refractivity contribution < 1.29 is 9.78 Å². The van der Waals surface area contributed by atoms with Gasteiger partial charge in [0.05, 0.1) is 6.61 Å². The third-order valence-corrected chi connectivity index (χ3v) is 5.28. The van der Waals surface area contributed by atoms with E-state index in [4.69, 9.17) is 9.78 Å². The minimum absolute atomic E-state index is 0.625. The van der Waals surface area contributed by atoms with Crippen LogP contribution in [-0.4, -0.2) is 6.61 Å². The number of unbranched alkanes of at least 4 members (excludes halogenated alkanes) is 6. The Kier molecular flexibility index (Phi) is 7.98. The molecule has 0 fully saturated rings. The molecule has 0 saturated heterocycles. The molecule has 0 aliphatic carbocycles. The number of hydrogen-bond donors (Lipinski definition) is 0. The van der Waals surface area contributed by atoms with Gasteiger partial charge in [0.25, 0.3) is 0 Å². The molecule has 1 heterocycles. The molecule has 0 amide bonds. The number of rotatable bonds is 10. The molecule has 0 unspecified atom stereocenters. The van der Waals surface area contributed by atoms with E-state index < -0.39 is 0 Å². The number of benzene rings is 2. The quantitative estimate of drug-likeness (QED) is 0.256. The predicted molar refractivity (Wildman–Crippen MR) is 114 cm³/mol. The summed E-state index contributed by atoms with van der Waals surface area (Å²) in [6.45, 7) is 2.90. The van der Waals surface area contributed by atoms with Gasteiger partial charge in [-0.15, -0.1) is 0 Å². The van der Waals surface area contributed by atoms with E-state index in [1.165, 1.54) is 67.2 Å². The van der Waals surface area contributed by atoms with Crippen LogP contribution in [0, 0.1) is 0 Å². The van der Waals surface area contributed by atoms with Gasteiger partial charge in [-0.2, -0.15) is 4.89 Å². The molecular formula is C25H32O2. The highest BCUT2D eigenvalue weighted by Gasteiger charge is 2.17. The Hall–Kier alpha value is -2.06. The Morgan fingerprint density at radius 3 is 2.44 bits per heavy atom. The second-order valence-corrected chi connectivity index (χ2v) is 7.39. The van der Waals surface area contributed by atoms with Crippen LogP contribution in [0.25, 0.3) is 12.2 Å². The Bertz CT molecular complexity index is 719. The van der Waals surface area contributed by atoms with Crippen molar-refractivity contribution in [3.63, 3.8) is 0 Å². The van der Waals surface area contributed by atoms with E-state index in [0.29, 0.717) is 6.61 Å². The summed E-state index contributed by atoms with van der Waals surface area (Å²) in [4.78, 5) is 10.6. The summed E-state index contributed by atoms with van der Waals surface area (Å²) in [6.07, 6.45) is 15.9. The Balaban J connectivity index is 1.68. The van der Waals surface area contributed by atoms with Gasteiger partial charge in [-0.3, -0.25) is 0 Å². The van der Waals surface area contributed by atoms with Crippen LogP contribution in [0.3, 0.4) is 0 Å². The molecule has 0 radical (unpaired) electrons. The zero-order valence-corrected chi connectivity index (χ0v) is 16.6. The zero-order valence-electron chi connectivity index (χ0n) is 16.6. The summed E-state index contributed by atoms with van der Waals surface area (Å²) in [5.41, 5.74) is 5.27. The lowest BCUT2D eigenvalue weighted by molar-refractivity contribution is -0.215. The summed E-state index contributed by atoms with van der Waals surface area (Å²) in [5, 5.41) is 0. The molecule has 0 N–H and O–H groups in total. The van der Waals surface area contributed by atoms with E-state index in [1.54, 1.807) is 0 Å². The first kappa shape index (κ1) is 19.7. The van der Waals surface area contributed by atoms with Crippen LogP contribution in [-0.2, 0) is 17.7 Å². The Labute approximate surface area is 164 Å². The zero-order chi connectivity index (χ0) is 18.7. The van der Waals surface area contributed by atoms with Crippen LogP contribution >= 0.6 is 0 Å². The molecule has 27 heavy (non-hydrogen) atoms. The fraction of sp³-hybridized carbons (Fsp3) is 0.440. The van der Waals surface area contributed by atoms with Crippen molar-refractivity contribution >= 4 is 12.2 Å². The largest absolute Gasteiger partial charge is 0.337 e. The fourth-order valence-electron chi connectivity index (χ4n) is 3.72. The van der Waals surface area contributed by atoms with Crippen molar-refractivity contribution in [3.8, 4) is 5.75 Å². The average Bonchev–Trinajstić information content (AvgIpc) is 2.72. The van der Waals surface area contributed by atoms with Crippen molar-refractivity contribution in [2.45, 2.75) is 64.7 Å². The molecule has 0 saturated carbocycles. The average molecular weight is 365 g/mol. The van der Waals surface area contributed by atoms with Crippen LogP contribution in [0.1, 0.15) is 74.1 Å². The third kappa shape index (κ3) is 5.97. The van der Waals surface area contributed by atoms with E-state index in [-0.39, 0.29) is 0 Å². The molecule has 3 rings (SSSR count). The number of fused-ring (bicyclic) bond motifs is 1. The number of hydrogen-bond acceptors (Lipinski definition) is 2. The molecule has 2 aromatic rings. The first-order valence-corrected chi connectivity index (χ1v) is 10.6. The maximum atomic E-state index is 5.42. The van der Waals surface area contributed by atoms with Crippen LogP contribution < -0.4 is 4.89 Å². The van der Waals surface area contributed by atoms with Crippen LogP contribution in [0.2, 0.25) is 0 Å². The van der Waals surface area contributed by atoms with Crippen LogP contribution in [0.5, 0.6) is 5.75 Å². The van der Waals surface area contributed by atoms with Gasteiger partial charge < -0.3 is 4.89 Å². The van der Waals surface area contributed by atoms with Gasteiger partial charge in [-0.25, -0.2) is 0 Å². The van der Waals surface area contributed by atoms with E-state index in [0.717, 1.165) is 18.6 Å². The van der Waals surface area contributed by atoms with E-state index in [9.17, 15) is 0 Å². The van der Waals surface area contributed by atoms with Crippen LogP contribution in [0.15, 0.2) is 42.5 Å². The molecular weight excluding hydrogens is 332 g/mol. The second kappa shape index (κ2) is 10.9. The Morgan fingerprint density at radius 2 is 1.63 bits per heavy atom. The van der Waals surface area contributed by atoms with Gasteiger partial charge in [0.15, 0.2) is 5.75 Å². The van der Waals surface area contributed by atoms with Gasteiger partial charge in [-0.05, 0) is 35.6 Å². The Morgan fingerprint density at radius 1 is 0.852 bits per heavy atom.